The fourth-order valence-corrected chi connectivity index (χ4v) is 3.04. The van der Waals surface area contributed by atoms with E-state index in [0.29, 0.717) is 18.2 Å². The van der Waals surface area contributed by atoms with Crippen molar-refractivity contribution in [3.63, 3.8) is 0 Å². The van der Waals surface area contributed by atoms with Crippen LogP contribution in [0.25, 0.3) is 22.5 Å². The first-order valence-electron chi connectivity index (χ1n) is 8.91. The van der Waals surface area contributed by atoms with Crippen LogP contribution in [0.2, 0.25) is 0 Å². The zero-order valence-corrected chi connectivity index (χ0v) is 15.3. The van der Waals surface area contributed by atoms with E-state index >= 15 is 0 Å². The first-order valence-corrected chi connectivity index (χ1v) is 8.91. The number of hydrogen-bond donors (Lipinski definition) is 1. The minimum Gasteiger partial charge on any atom is -0.419 e. The third-order valence-corrected chi connectivity index (χ3v) is 4.44. The van der Waals surface area contributed by atoms with Gasteiger partial charge >= 0.3 is 0 Å². The smallest absolute Gasteiger partial charge is 0.264 e. The second-order valence-electron chi connectivity index (χ2n) is 6.44. The van der Waals surface area contributed by atoms with E-state index in [9.17, 15) is 4.79 Å². The molecule has 4 aromatic rings. The molecule has 0 aliphatic carbocycles. The van der Waals surface area contributed by atoms with E-state index in [4.69, 9.17) is 4.42 Å². The van der Waals surface area contributed by atoms with Gasteiger partial charge in [0.05, 0.1) is 0 Å². The van der Waals surface area contributed by atoms with Gasteiger partial charge in [-0.2, -0.15) is 0 Å². The molecule has 0 unspecified atom stereocenters. The Hall–Kier alpha value is -3.41. The van der Waals surface area contributed by atoms with Crippen molar-refractivity contribution in [1.82, 2.24) is 14.8 Å². The minimum absolute atomic E-state index is 0.114. The molecule has 0 fully saturated rings. The molecule has 6 heteroatoms. The Morgan fingerprint density at radius 1 is 1.11 bits per heavy atom. The number of benzene rings is 2. The summed E-state index contributed by atoms with van der Waals surface area (Å²) in [6.45, 7) is 4.13. The summed E-state index contributed by atoms with van der Waals surface area (Å²) >= 11 is 0. The lowest BCUT2D eigenvalue weighted by Gasteiger charge is -2.10. The molecule has 1 amide bonds. The molecule has 0 bridgehead atoms. The molecule has 6 nitrogen and oxygen atoms in total. The molecule has 1 N–H and O–H groups in total. The van der Waals surface area contributed by atoms with Crippen LogP contribution in [0.5, 0.6) is 0 Å². The van der Waals surface area contributed by atoms with Crippen molar-refractivity contribution in [2.45, 2.75) is 26.8 Å². The average molecular weight is 360 g/mol. The fourth-order valence-electron chi connectivity index (χ4n) is 3.04. The SMILES string of the molecule is CCc1nnc(-c2cc3ccccc3n2CC(=O)Nc2ccc(C)cc2)o1. The number of anilines is 1. The van der Waals surface area contributed by atoms with Gasteiger partial charge in [-0.05, 0) is 31.2 Å². The zero-order valence-electron chi connectivity index (χ0n) is 15.3. The summed E-state index contributed by atoms with van der Waals surface area (Å²) in [6, 6.07) is 17.6. The molecule has 4 rings (SSSR count). The van der Waals surface area contributed by atoms with Crippen molar-refractivity contribution in [2.24, 2.45) is 0 Å². The number of nitrogens with zero attached hydrogens (tertiary/aromatic N) is 3. The molecule has 0 spiro atoms. The number of para-hydroxylation sites is 1. The third-order valence-electron chi connectivity index (χ3n) is 4.44. The Bertz CT molecular complexity index is 1090. The number of rotatable bonds is 5. The van der Waals surface area contributed by atoms with Crippen LogP contribution in [-0.2, 0) is 17.8 Å². The van der Waals surface area contributed by atoms with Gasteiger partial charge in [-0.1, -0.05) is 42.8 Å². The molecular formula is C21H20N4O2. The maximum absolute atomic E-state index is 12.7. The Morgan fingerprint density at radius 2 is 1.89 bits per heavy atom. The second-order valence-corrected chi connectivity index (χ2v) is 6.44. The van der Waals surface area contributed by atoms with E-state index in [1.54, 1.807) is 0 Å². The highest BCUT2D eigenvalue weighted by atomic mass is 16.4. The van der Waals surface area contributed by atoms with Crippen molar-refractivity contribution in [2.75, 3.05) is 5.32 Å². The molecule has 0 aliphatic heterocycles. The lowest BCUT2D eigenvalue weighted by Crippen LogP contribution is -2.19. The quantitative estimate of drug-likeness (QED) is 0.579. The lowest BCUT2D eigenvalue weighted by atomic mass is 10.2. The van der Waals surface area contributed by atoms with Gasteiger partial charge < -0.3 is 14.3 Å². The van der Waals surface area contributed by atoms with Gasteiger partial charge in [0, 0.05) is 23.0 Å². The number of carbonyl (C=O) groups excluding carboxylic acids is 1. The molecule has 27 heavy (non-hydrogen) atoms. The van der Waals surface area contributed by atoms with Crippen molar-refractivity contribution < 1.29 is 9.21 Å². The van der Waals surface area contributed by atoms with Gasteiger partial charge in [-0.3, -0.25) is 4.79 Å². The van der Waals surface area contributed by atoms with E-state index in [2.05, 4.69) is 15.5 Å². The van der Waals surface area contributed by atoms with E-state index in [1.807, 2.05) is 73.0 Å². The van der Waals surface area contributed by atoms with Gasteiger partial charge in [-0.15, -0.1) is 10.2 Å². The predicted molar refractivity (Wildman–Crippen MR) is 104 cm³/mol. The summed E-state index contributed by atoms with van der Waals surface area (Å²) in [7, 11) is 0. The summed E-state index contributed by atoms with van der Waals surface area (Å²) in [5, 5.41) is 12.2. The van der Waals surface area contributed by atoms with E-state index in [0.717, 1.165) is 27.8 Å². The molecule has 0 radical (unpaired) electrons. The van der Waals surface area contributed by atoms with Gasteiger partial charge in [0.2, 0.25) is 11.8 Å². The zero-order chi connectivity index (χ0) is 18.8. The van der Waals surface area contributed by atoms with Crippen molar-refractivity contribution in [3.05, 3.63) is 66.1 Å². The van der Waals surface area contributed by atoms with Crippen LogP contribution in [-0.4, -0.2) is 20.7 Å². The van der Waals surface area contributed by atoms with E-state index < -0.39 is 0 Å². The maximum Gasteiger partial charge on any atom is 0.264 e. The number of amides is 1. The summed E-state index contributed by atoms with van der Waals surface area (Å²) in [4.78, 5) is 12.7. The number of nitrogens with one attached hydrogen (secondary N) is 1. The molecule has 2 aromatic carbocycles. The first kappa shape index (κ1) is 17.0. The first-order chi connectivity index (χ1) is 13.1. The number of aryl methyl sites for hydroxylation is 2. The number of fused-ring (bicyclic) bond motifs is 1. The molecule has 0 atom stereocenters. The fraction of sp³-hybridized carbons (Fsp3) is 0.190. The van der Waals surface area contributed by atoms with Crippen LogP contribution >= 0.6 is 0 Å². The standard InChI is InChI=1S/C21H20N4O2/c1-3-20-23-24-21(27-20)18-12-15-6-4-5-7-17(15)25(18)13-19(26)22-16-10-8-14(2)9-11-16/h4-12H,3,13H2,1-2H3,(H,22,26). The Morgan fingerprint density at radius 3 is 2.63 bits per heavy atom. The van der Waals surface area contributed by atoms with Crippen LogP contribution in [0.1, 0.15) is 18.4 Å². The highest BCUT2D eigenvalue weighted by molar-refractivity contribution is 5.93. The summed E-state index contributed by atoms with van der Waals surface area (Å²) < 4.78 is 7.64. The topological polar surface area (TPSA) is 73.0 Å². The minimum atomic E-state index is -0.114. The summed E-state index contributed by atoms with van der Waals surface area (Å²) in [5.41, 5.74) is 3.61. The van der Waals surface area contributed by atoms with Gasteiger partial charge in [0.25, 0.3) is 5.89 Å². The van der Waals surface area contributed by atoms with E-state index in [1.165, 1.54) is 0 Å². The largest absolute Gasteiger partial charge is 0.419 e. The van der Waals surface area contributed by atoms with Crippen molar-refractivity contribution in [3.8, 4) is 11.6 Å². The Balaban J connectivity index is 1.68. The van der Waals surface area contributed by atoms with Crippen molar-refractivity contribution in [1.29, 1.82) is 0 Å². The molecule has 136 valence electrons. The number of carbonyl (C=O) groups is 1. The van der Waals surface area contributed by atoms with Gasteiger partial charge in [0.1, 0.15) is 12.2 Å². The predicted octanol–water partition coefficient (Wildman–Crippen LogP) is 4.20. The second kappa shape index (κ2) is 7.07. The average Bonchev–Trinajstić information content (AvgIpc) is 3.28. The molecule has 2 heterocycles. The maximum atomic E-state index is 12.7. The Labute approximate surface area is 156 Å². The molecule has 0 aliphatic rings. The molecule has 2 aromatic heterocycles. The van der Waals surface area contributed by atoms with Crippen LogP contribution < -0.4 is 5.32 Å². The number of aromatic nitrogens is 3. The highest BCUT2D eigenvalue weighted by Crippen LogP contribution is 2.27. The van der Waals surface area contributed by atoms with Gasteiger partial charge in [0.15, 0.2) is 0 Å². The molecule has 0 saturated heterocycles. The van der Waals surface area contributed by atoms with E-state index in [-0.39, 0.29) is 12.5 Å². The third kappa shape index (κ3) is 3.46. The van der Waals surface area contributed by atoms with Crippen LogP contribution in [0.4, 0.5) is 5.69 Å². The van der Waals surface area contributed by atoms with Crippen LogP contribution in [0.3, 0.4) is 0 Å². The summed E-state index contributed by atoms with van der Waals surface area (Å²) in [5.74, 6) is 0.883. The monoisotopic (exact) mass is 360 g/mol. The van der Waals surface area contributed by atoms with Crippen LogP contribution in [0.15, 0.2) is 59.0 Å². The highest BCUT2D eigenvalue weighted by Gasteiger charge is 2.18. The lowest BCUT2D eigenvalue weighted by molar-refractivity contribution is -0.116. The van der Waals surface area contributed by atoms with Gasteiger partial charge in [-0.25, -0.2) is 0 Å². The van der Waals surface area contributed by atoms with Crippen molar-refractivity contribution >= 4 is 22.5 Å². The number of hydrogen-bond acceptors (Lipinski definition) is 4. The summed E-state index contributed by atoms with van der Waals surface area (Å²) in [6.07, 6.45) is 0.668. The molecular weight excluding hydrogens is 340 g/mol. The Kier molecular flexibility index (Phi) is 4.46. The molecule has 0 saturated carbocycles. The van der Waals surface area contributed by atoms with Crippen LogP contribution in [0, 0.1) is 6.92 Å². The normalized spacial score (nSPS) is 11.0.